The van der Waals surface area contributed by atoms with E-state index < -0.39 is 51.6 Å². The fourth-order valence-electron chi connectivity index (χ4n) is 4.13. The van der Waals surface area contributed by atoms with Crippen molar-refractivity contribution in [2.75, 3.05) is 10.8 Å². The van der Waals surface area contributed by atoms with Crippen molar-refractivity contribution in [2.24, 2.45) is 0 Å². The largest absolute Gasteiger partial charge is 0.350 e. The van der Waals surface area contributed by atoms with Gasteiger partial charge in [-0.05, 0) is 88.2 Å². The van der Waals surface area contributed by atoms with E-state index >= 15 is 0 Å². The lowest BCUT2D eigenvalue weighted by Crippen LogP contribution is -2.55. The molecule has 0 fully saturated rings. The van der Waals surface area contributed by atoms with Crippen molar-refractivity contribution in [3.63, 3.8) is 0 Å². The molecule has 7 nitrogen and oxygen atoms in total. The van der Waals surface area contributed by atoms with Gasteiger partial charge in [0, 0.05) is 12.1 Å². The van der Waals surface area contributed by atoms with E-state index in [1.165, 1.54) is 53.4 Å². The van der Waals surface area contributed by atoms with Gasteiger partial charge in [0.1, 0.15) is 24.2 Å². The van der Waals surface area contributed by atoms with Crippen LogP contribution in [0.5, 0.6) is 0 Å². The molecule has 214 valence electrons. The van der Waals surface area contributed by atoms with Gasteiger partial charge >= 0.3 is 0 Å². The number of carbonyl (C=O) groups is 2. The zero-order chi connectivity index (χ0) is 29.7. The zero-order valence-electron chi connectivity index (χ0n) is 23.3. The van der Waals surface area contributed by atoms with Gasteiger partial charge in [-0.1, -0.05) is 36.8 Å². The quantitative estimate of drug-likeness (QED) is 0.363. The highest BCUT2D eigenvalue weighted by Crippen LogP contribution is 2.25. The molecule has 40 heavy (non-hydrogen) atoms. The van der Waals surface area contributed by atoms with E-state index in [0.717, 1.165) is 22.0 Å². The van der Waals surface area contributed by atoms with Crippen LogP contribution in [0.2, 0.25) is 0 Å². The lowest BCUT2D eigenvalue weighted by Gasteiger charge is -2.34. The van der Waals surface area contributed by atoms with Gasteiger partial charge in [0.15, 0.2) is 0 Å². The van der Waals surface area contributed by atoms with Crippen LogP contribution in [0.4, 0.5) is 14.5 Å². The number of benzene rings is 3. The summed E-state index contributed by atoms with van der Waals surface area (Å²) in [6.07, 6.45) is 0.246. The summed E-state index contributed by atoms with van der Waals surface area (Å²) < 4.78 is 55.8. The highest BCUT2D eigenvalue weighted by atomic mass is 32.2. The number of nitrogens with one attached hydrogen (secondary N) is 1. The molecule has 2 amide bonds. The van der Waals surface area contributed by atoms with Crippen molar-refractivity contribution >= 4 is 27.5 Å². The van der Waals surface area contributed by atoms with E-state index in [1.54, 1.807) is 19.1 Å². The zero-order valence-corrected chi connectivity index (χ0v) is 24.1. The summed E-state index contributed by atoms with van der Waals surface area (Å²) in [5.41, 5.74) is 0.921. The number of halogens is 2. The third-order valence-corrected chi connectivity index (χ3v) is 7.94. The predicted octanol–water partition coefficient (Wildman–Crippen LogP) is 5.19. The first-order valence-electron chi connectivity index (χ1n) is 12.9. The molecule has 0 aliphatic heterocycles. The number of aryl methyl sites for hydroxylation is 1. The van der Waals surface area contributed by atoms with Gasteiger partial charge < -0.3 is 10.2 Å². The second-order valence-electron chi connectivity index (χ2n) is 10.6. The molecule has 0 unspecified atom stereocenters. The van der Waals surface area contributed by atoms with Gasteiger partial charge in [0.25, 0.3) is 10.0 Å². The van der Waals surface area contributed by atoms with Crippen molar-refractivity contribution in [1.82, 2.24) is 10.2 Å². The van der Waals surface area contributed by atoms with Crippen molar-refractivity contribution in [2.45, 2.75) is 64.1 Å². The lowest BCUT2D eigenvalue weighted by molar-refractivity contribution is -0.141. The molecule has 0 saturated carbocycles. The molecule has 0 aliphatic rings. The minimum atomic E-state index is -4.26. The average Bonchev–Trinajstić information content (AvgIpc) is 2.88. The Bertz CT molecular complexity index is 1420. The first-order valence-corrected chi connectivity index (χ1v) is 14.4. The molecule has 3 aromatic carbocycles. The van der Waals surface area contributed by atoms with Crippen LogP contribution in [0, 0.1) is 18.6 Å². The Morgan fingerprint density at radius 3 is 1.90 bits per heavy atom. The van der Waals surface area contributed by atoms with Crippen LogP contribution in [0.25, 0.3) is 0 Å². The summed E-state index contributed by atoms with van der Waals surface area (Å²) in [5, 5.41) is 2.89. The summed E-state index contributed by atoms with van der Waals surface area (Å²) >= 11 is 0. The summed E-state index contributed by atoms with van der Waals surface area (Å²) in [7, 11) is -4.26. The molecule has 0 saturated heterocycles. The van der Waals surface area contributed by atoms with Gasteiger partial charge in [0.2, 0.25) is 11.8 Å². The first-order chi connectivity index (χ1) is 18.7. The average molecular weight is 572 g/mol. The molecule has 1 N–H and O–H groups in total. The van der Waals surface area contributed by atoms with E-state index in [4.69, 9.17) is 0 Å². The fourth-order valence-corrected chi connectivity index (χ4v) is 5.55. The van der Waals surface area contributed by atoms with E-state index in [9.17, 15) is 26.8 Å². The monoisotopic (exact) mass is 571 g/mol. The number of carbonyl (C=O) groups excluding carboxylic acids is 2. The Morgan fingerprint density at radius 2 is 1.40 bits per heavy atom. The van der Waals surface area contributed by atoms with Gasteiger partial charge in [-0.2, -0.15) is 0 Å². The number of anilines is 1. The van der Waals surface area contributed by atoms with E-state index in [2.05, 4.69) is 5.32 Å². The second-order valence-corrected chi connectivity index (χ2v) is 12.5. The molecule has 0 radical (unpaired) electrons. The van der Waals surface area contributed by atoms with Crippen LogP contribution in [0.15, 0.2) is 77.7 Å². The molecule has 10 heteroatoms. The van der Waals surface area contributed by atoms with Gasteiger partial charge in [0.05, 0.1) is 10.6 Å². The van der Waals surface area contributed by atoms with Crippen molar-refractivity contribution in [1.29, 1.82) is 0 Å². The molecule has 3 aromatic rings. The molecule has 3 rings (SSSR count). The lowest BCUT2D eigenvalue weighted by atomic mass is 10.1. The topological polar surface area (TPSA) is 86.8 Å². The molecular weight excluding hydrogens is 536 g/mol. The SMILES string of the molecule is CC[C@H](C(=O)NC(C)(C)C)N(Cc1ccc(F)cc1)C(=O)CN(c1ccc(F)cc1)S(=O)(=O)c1ccc(C)cc1. The number of hydrogen-bond acceptors (Lipinski definition) is 4. The number of nitrogens with zero attached hydrogens (tertiary/aromatic N) is 2. The maximum atomic E-state index is 14.0. The Morgan fingerprint density at radius 1 is 0.875 bits per heavy atom. The predicted molar refractivity (Wildman–Crippen MR) is 151 cm³/mol. The summed E-state index contributed by atoms with van der Waals surface area (Å²) in [6.45, 7) is 8.30. The highest BCUT2D eigenvalue weighted by molar-refractivity contribution is 7.92. The van der Waals surface area contributed by atoms with Crippen LogP contribution in [-0.2, 0) is 26.2 Å². The van der Waals surface area contributed by atoms with E-state index in [0.29, 0.717) is 5.56 Å². The normalized spacial score (nSPS) is 12.5. The smallest absolute Gasteiger partial charge is 0.264 e. The minimum Gasteiger partial charge on any atom is -0.350 e. The second kappa shape index (κ2) is 12.6. The van der Waals surface area contributed by atoms with Crippen LogP contribution in [0.1, 0.15) is 45.2 Å². The van der Waals surface area contributed by atoms with Crippen LogP contribution < -0.4 is 9.62 Å². The summed E-state index contributed by atoms with van der Waals surface area (Å²) in [5.74, 6) is -2.07. The highest BCUT2D eigenvalue weighted by Gasteiger charge is 2.34. The van der Waals surface area contributed by atoms with Gasteiger partial charge in [-0.3, -0.25) is 13.9 Å². The van der Waals surface area contributed by atoms with Crippen molar-refractivity contribution < 1.29 is 26.8 Å². The van der Waals surface area contributed by atoms with E-state index in [-0.39, 0.29) is 23.5 Å². The Labute approximate surface area is 234 Å². The standard InChI is InChI=1S/C30H35F2N3O4S/c1-6-27(29(37)33-30(3,4)5)34(19-22-9-11-23(31)12-10-22)28(36)20-35(25-15-13-24(32)14-16-25)40(38,39)26-17-7-21(2)8-18-26/h7-18,27H,6,19-20H2,1-5H3,(H,33,37)/t27-/m1/s1. The van der Waals surface area contributed by atoms with Gasteiger partial charge in [-0.15, -0.1) is 0 Å². The maximum absolute atomic E-state index is 14.0. The fraction of sp³-hybridized carbons (Fsp3) is 0.333. The Hall–Kier alpha value is -3.79. The first kappa shape index (κ1) is 30.7. The van der Waals surface area contributed by atoms with Crippen LogP contribution in [-0.4, -0.2) is 43.3 Å². The third-order valence-electron chi connectivity index (χ3n) is 6.15. The van der Waals surface area contributed by atoms with Crippen molar-refractivity contribution in [3.05, 3.63) is 95.6 Å². The molecule has 0 aliphatic carbocycles. The number of sulfonamides is 1. The molecule has 0 bridgehead atoms. The van der Waals surface area contributed by atoms with Crippen LogP contribution in [0.3, 0.4) is 0 Å². The number of rotatable bonds is 10. The Kier molecular flexibility index (Phi) is 9.68. The maximum Gasteiger partial charge on any atom is 0.264 e. The third kappa shape index (κ3) is 7.88. The molecule has 1 atom stereocenters. The number of hydrogen-bond donors (Lipinski definition) is 1. The summed E-state index contributed by atoms with van der Waals surface area (Å²) in [6, 6.07) is 15.5. The van der Waals surface area contributed by atoms with Crippen molar-refractivity contribution in [3.8, 4) is 0 Å². The minimum absolute atomic E-state index is 0.0437. The van der Waals surface area contributed by atoms with Crippen LogP contribution >= 0.6 is 0 Å². The summed E-state index contributed by atoms with van der Waals surface area (Å²) in [4.78, 5) is 28.5. The molecular formula is C30H35F2N3O4S. The molecule has 0 spiro atoms. The molecule has 0 heterocycles. The van der Waals surface area contributed by atoms with E-state index in [1.807, 2.05) is 27.7 Å². The Balaban J connectivity index is 2.06. The number of amides is 2. The molecule has 0 aromatic heterocycles. The van der Waals surface area contributed by atoms with Gasteiger partial charge in [-0.25, -0.2) is 17.2 Å².